The fourth-order valence-corrected chi connectivity index (χ4v) is 3.33. The number of pyridine rings is 1. The van der Waals surface area contributed by atoms with Crippen LogP contribution in [0.15, 0.2) is 24.5 Å². The highest BCUT2D eigenvalue weighted by atomic mass is 35.5. The summed E-state index contributed by atoms with van der Waals surface area (Å²) in [5.74, 6) is -1.71. The molecule has 3 rings (SSSR count). The Morgan fingerprint density at radius 1 is 1.50 bits per heavy atom. The molecule has 1 aliphatic heterocycles. The number of amides is 2. The van der Waals surface area contributed by atoms with E-state index in [1.54, 1.807) is 24.5 Å². The van der Waals surface area contributed by atoms with Crippen LogP contribution in [-0.4, -0.2) is 52.2 Å². The van der Waals surface area contributed by atoms with Gasteiger partial charge in [0.25, 0.3) is 11.8 Å². The van der Waals surface area contributed by atoms with Gasteiger partial charge in [0.05, 0.1) is 0 Å². The largest absolute Gasteiger partial charge is 0.408 e. The zero-order valence-corrected chi connectivity index (χ0v) is 14.4. The van der Waals surface area contributed by atoms with Crippen molar-refractivity contribution >= 4 is 34.8 Å². The monoisotopic (exact) mass is 406 g/mol. The summed E-state index contributed by atoms with van der Waals surface area (Å²) in [6, 6.07) is 2.19. The fourth-order valence-electron chi connectivity index (χ4n) is 2.14. The quantitative estimate of drug-likeness (QED) is 0.842. The van der Waals surface area contributed by atoms with Gasteiger partial charge in [-0.3, -0.25) is 19.4 Å². The minimum Gasteiger partial charge on any atom is -0.337 e. The summed E-state index contributed by atoms with van der Waals surface area (Å²) in [6.45, 7) is -1.95. The van der Waals surface area contributed by atoms with Gasteiger partial charge in [-0.25, -0.2) is 10.0 Å². The number of carbonyl (C=O) groups is 2. The first-order valence-electron chi connectivity index (χ1n) is 7.13. The zero-order chi connectivity index (χ0) is 18.9. The van der Waals surface area contributed by atoms with Gasteiger partial charge in [0.1, 0.15) is 29.1 Å². The summed E-state index contributed by atoms with van der Waals surface area (Å²) in [6.07, 6.45) is -1.49. The summed E-state index contributed by atoms with van der Waals surface area (Å²) < 4.78 is 37.1. The molecule has 0 aliphatic carbocycles. The second-order valence-corrected chi connectivity index (χ2v) is 6.55. The number of rotatable bonds is 4. The molecule has 1 unspecified atom stereocenters. The van der Waals surface area contributed by atoms with Crippen molar-refractivity contribution in [2.45, 2.75) is 12.2 Å². The summed E-state index contributed by atoms with van der Waals surface area (Å²) in [5.41, 5.74) is 0.648. The van der Waals surface area contributed by atoms with Gasteiger partial charge in [-0.1, -0.05) is 11.6 Å². The first-order chi connectivity index (χ1) is 12.2. The van der Waals surface area contributed by atoms with Crippen LogP contribution < -0.4 is 5.32 Å². The van der Waals surface area contributed by atoms with Crippen molar-refractivity contribution in [1.29, 1.82) is 0 Å². The number of carbonyl (C=O) groups excluding carboxylic acids is 2. The van der Waals surface area contributed by atoms with E-state index in [-0.39, 0.29) is 15.1 Å². The van der Waals surface area contributed by atoms with Gasteiger partial charge in [-0.2, -0.15) is 13.2 Å². The third kappa shape index (κ3) is 4.11. The minimum atomic E-state index is -4.60. The number of alkyl halides is 3. The number of hydrogen-bond donors (Lipinski definition) is 1. The van der Waals surface area contributed by atoms with Gasteiger partial charge >= 0.3 is 6.18 Å². The first-order valence-corrected chi connectivity index (χ1v) is 8.32. The topological polar surface area (TPSA) is 84.4 Å². The molecule has 2 aromatic heterocycles. The summed E-state index contributed by atoms with van der Waals surface area (Å²) in [7, 11) is 0. The molecular weight excluding hydrogens is 397 g/mol. The van der Waals surface area contributed by atoms with Crippen molar-refractivity contribution in [2.24, 2.45) is 0 Å². The average molecular weight is 407 g/mol. The molecule has 1 N–H and O–H groups in total. The summed E-state index contributed by atoms with van der Waals surface area (Å²) >= 11 is 6.95. The second kappa shape index (κ2) is 7.17. The Bertz CT molecular complexity index is 831. The molecular formula is C14H10ClF3N4O3S. The zero-order valence-electron chi connectivity index (χ0n) is 12.8. The van der Waals surface area contributed by atoms with E-state index in [2.05, 4.69) is 15.3 Å². The van der Waals surface area contributed by atoms with Gasteiger partial charge < -0.3 is 5.32 Å². The van der Waals surface area contributed by atoms with Gasteiger partial charge in [-0.15, -0.1) is 11.3 Å². The lowest BCUT2D eigenvalue weighted by molar-refractivity contribution is -0.214. The molecule has 2 amide bonds. The van der Waals surface area contributed by atoms with Crippen molar-refractivity contribution in [2.75, 3.05) is 13.2 Å². The molecule has 0 aromatic carbocycles. The molecule has 1 aliphatic rings. The molecule has 1 atom stereocenters. The Kier molecular flexibility index (Phi) is 5.12. The van der Waals surface area contributed by atoms with Crippen LogP contribution in [0.25, 0.3) is 10.6 Å². The van der Waals surface area contributed by atoms with Crippen LogP contribution in [0.5, 0.6) is 0 Å². The van der Waals surface area contributed by atoms with Crippen LogP contribution in [0.4, 0.5) is 13.2 Å². The number of hydrogen-bond acceptors (Lipinski definition) is 6. The number of aromatic nitrogens is 2. The van der Waals surface area contributed by atoms with E-state index >= 15 is 0 Å². The summed E-state index contributed by atoms with van der Waals surface area (Å²) in [5, 5.41) is 2.86. The standard InChI is InChI=1S/C14H10ClF3N4O3S/c15-10-9(26-12(21-10)7-2-1-3-19-4-7)11(23)20-8-5-25-22(13(8)24)6-14(16,17)18/h1-4,8H,5-6H2,(H,20,23). The number of halogens is 4. The predicted molar refractivity (Wildman–Crippen MR) is 85.3 cm³/mol. The molecule has 0 spiro atoms. The average Bonchev–Trinajstić information content (AvgIpc) is 3.12. The highest BCUT2D eigenvalue weighted by Gasteiger charge is 2.41. The van der Waals surface area contributed by atoms with Crippen LogP contribution in [0, 0.1) is 0 Å². The maximum Gasteiger partial charge on any atom is 0.408 e. The van der Waals surface area contributed by atoms with Crippen molar-refractivity contribution in [3.05, 3.63) is 34.6 Å². The third-order valence-corrected chi connectivity index (χ3v) is 4.76. The van der Waals surface area contributed by atoms with Crippen molar-refractivity contribution < 1.29 is 27.6 Å². The Morgan fingerprint density at radius 2 is 2.27 bits per heavy atom. The molecule has 12 heteroatoms. The Balaban J connectivity index is 1.69. The van der Waals surface area contributed by atoms with Crippen molar-refractivity contribution in [3.8, 4) is 10.6 Å². The van der Waals surface area contributed by atoms with Gasteiger partial charge in [0.15, 0.2) is 5.15 Å². The Labute approximate surface area is 153 Å². The predicted octanol–water partition coefficient (Wildman–Crippen LogP) is 2.29. The Morgan fingerprint density at radius 3 is 2.92 bits per heavy atom. The lowest BCUT2D eigenvalue weighted by Crippen LogP contribution is -2.44. The van der Waals surface area contributed by atoms with E-state index in [9.17, 15) is 22.8 Å². The normalized spacial score (nSPS) is 17.6. The molecule has 1 saturated heterocycles. The van der Waals surface area contributed by atoms with E-state index in [1.165, 1.54) is 0 Å². The van der Waals surface area contributed by atoms with Crippen LogP contribution in [0.3, 0.4) is 0 Å². The number of nitrogens with one attached hydrogen (secondary N) is 1. The first kappa shape index (κ1) is 18.5. The molecule has 7 nitrogen and oxygen atoms in total. The van der Waals surface area contributed by atoms with E-state index < -0.39 is 37.2 Å². The molecule has 138 valence electrons. The molecule has 26 heavy (non-hydrogen) atoms. The van der Waals surface area contributed by atoms with Crippen LogP contribution in [0.1, 0.15) is 9.67 Å². The number of nitrogens with zero attached hydrogens (tertiary/aromatic N) is 3. The van der Waals surface area contributed by atoms with Crippen LogP contribution in [-0.2, 0) is 9.63 Å². The highest BCUT2D eigenvalue weighted by Crippen LogP contribution is 2.30. The SMILES string of the molecule is O=C(NC1CON(CC(F)(F)F)C1=O)c1sc(-c2cccnc2)nc1Cl. The van der Waals surface area contributed by atoms with E-state index in [4.69, 9.17) is 16.4 Å². The van der Waals surface area contributed by atoms with Gasteiger partial charge in [-0.05, 0) is 12.1 Å². The maximum atomic E-state index is 12.4. The van der Waals surface area contributed by atoms with Crippen molar-refractivity contribution in [1.82, 2.24) is 20.3 Å². The second-order valence-electron chi connectivity index (χ2n) is 5.19. The maximum absolute atomic E-state index is 12.4. The molecule has 0 saturated carbocycles. The molecule has 0 bridgehead atoms. The number of thiazole rings is 1. The number of hydroxylamine groups is 2. The highest BCUT2D eigenvalue weighted by molar-refractivity contribution is 7.17. The molecule has 2 aromatic rings. The lowest BCUT2D eigenvalue weighted by atomic mass is 10.3. The van der Waals surface area contributed by atoms with E-state index in [1.807, 2.05) is 0 Å². The summed E-state index contributed by atoms with van der Waals surface area (Å²) in [4.78, 5) is 36.9. The molecule has 3 heterocycles. The van der Waals surface area contributed by atoms with Gasteiger partial charge in [0, 0.05) is 18.0 Å². The molecule has 0 radical (unpaired) electrons. The fraction of sp³-hybridized carbons (Fsp3) is 0.286. The lowest BCUT2D eigenvalue weighted by Gasteiger charge is -2.16. The van der Waals surface area contributed by atoms with E-state index in [0.29, 0.717) is 10.6 Å². The molecule has 1 fully saturated rings. The van der Waals surface area contributed by atoms with Crippen LogP contribution >= 0.6 is 22.9 Å². The van der Waals surface area contributed by atoms with E-state index in [0.717, 1.165) is 11.3 Å². The smallest absolute Gasteiger partial charge is 0.337 e. The van der Waals surface area contributed by atoms with Crippen LogP contribution in [0.2, 0.25) is 5.15 Å². The van der Waals surface area contributed by atoms with Gasteiger partial charge in [0.2, 0.25) is 0 Å². The minimum absolute atomic E-state index is 0.0348. The third-order valence-electron chi connectivity index (χ3n) is 3.27. The van der Waals surface area contributed by atoms with Crippen molar-refractivity contribution in [3.63, 3.8) is 0 Å². The Hall–Kier alpha value is -2.24.